The Morgan fingerprint density at radius 1 is 1.08 bits per heavy atom. The predicted molar refractivity (Wildman–Crippen MR) is 103 cm³/mol. The molecule has 0 unspecified atom stereocenters. The second-order valence-corrected chi connectivity index (χ2v) is 8.86. The zero-order valence-corrected chi connectivity index (χ0v) is 17.0. The van der Waals surface area contributed by atoms with Gasteiger partial charge in [-0.1, -0.05) is 12.1 Å². The Kier molecular flexibility index (Phi) is 7.25. The van der Waals surface area contributed by atoms with Gasteiger partial charge in [0.25, 0.3) is 5.91 Å². The summed E-state index contributed by atoms with van der Waals surface area (Å²) in [7, 11) is -3.91. The average Bonchev–Trinajstić information content (AvgIpc) is 2.50. The van der Waals surface area contributed by atoms with Crippen molar-refractivity contribution in [2.45, 2.75) is 51.1 Å². The fraction of sp³-hybridized carbons (Fsp3) is 0.438. The average molecular weight is 401 g/mol. The van der Waals surface area contributed by atoms with Crippen molar-refractivity contribution < 1.29 is 18.0 Å². The Balaban J connectivity index is 2.67. The van der Waals surface area contributed by atoms with E-state index in [9.17, 15) is 18.0 Å². The number of hydrazine groups is 1. The Morgan fingerprint density at radius 2 is 1.62 bits per heavy atom. The lowest BCUT2D eigenvalue weighted by molar-refractivity contribution is -0.122. The van der Waals surface area contributed by atoms with Crippen LogP contribution in [0.1, 0.15) is 45.0 Å². The van der Waals surface area contributed by atoms with E-state index >= 15 is 0 Å². The highest BCUT2D eigenvalue weighted by molar-refractivity contribution is 7.89. The fourth-order valence-electron chi connectivity index (χ4n) is 1.82. The third kappa shape index (κ3) is 7.06. The molecule has 10 heteroatoms. The molecule has 0 heterocycles. The maximum atomic E-state index is 12.3. The van der Waals surface area contributed by atoms with Crippen LogP contribution < -0.4 is 20.9 Å². The third-order valence-corrected chi connectivity index (χ3v) is 4.84. The number of thiocarbonyl (C=S) groups is 1. The predicted octanol–water partition coefficient (Wildman–Crippen LogP) is 0.850. The maximum absolute atomic E-state index is 12.3. The number of carbonyl (C=O) groups is 2. The summed E-state index contributed by atoms with van der Waals surface area (Å²) >= 11 is 5.02. The van der Waals surface area contributed by atoms with Crippen LogP contribution in [0.4, 0.5) is 0 Å². The Bertz CT molecular complexity index is 783. The lowest BCUT2D eigenvalue weighted by atomic mass is 10.1. The van der Waals surface area contributed by atoms with E-state index in [1.807, 2.05) is 20.8 Å². The lowest BCUT2D eigenvalue weighted by Gasteiger charge is -2.23. The molecule has 0 spiro atoms. The summed E-state index contributed by atoms with van der Waals surface area (Å²) in [6.07, 6.45) is 0. The summed E-state index contributed by atoms with van der Waals surface area (Å²) < 4.78 is 26.9. The van der Waals surface area contributed by atoms with Crippen LogP contribution in [0, 0.1) is 0 Å². The minimum atomic E-state index is -3.91. The largest absolute Gasteiger partial charge is 0.357 e. The number of hydrogen-bond acceptors (Lipinski definition) is 5. The minimum absolute atomic E-state index is 0.0416. The van der Waals surface area contributed by atoms with E-state index in [4.69, 9.17) is 12.2 Å². The summed E-state index contributed by atoms with van der Waals surface area (Å²) in [5, 5.41) is 3.15. The summed E-state index contributed by atoms with van der Waals surface area (Å²) in [5.74, 6) is -0.771. The molecular formula is C16H24N4O4S2. The Morgan fingerprint density at radius 3 is 2.08 bits per heavy atom. The van der Waals surface area contributed by atoms with Crippen LogP contribution in [-0.2, 0) is 14.8 Å². The van der Waals surface area contributed by atoms with Crippen LogP contribution in [0.5, 0.6) is 0 Å². The first-order valence-electron chi connectivity index (χ1n) is 7.83. The van der Waals surface area contributed by atoms with Crippen LogP contribution in [0.2, 0.25) is 0 Å². The first-order chi connectivity index (χ1) is 11.8. The molecule has 1 atom stereocenters. The van der Waals surface area contributed by atoms with E-state index in [1.54, 1.807) is 0 Å². The number of hydrogen-bond donors (Lipinski definition) is 4. The van der Waals surface area contributed by atoms with Crippen LogP contribution >= 0.6 is 12.2 Å². The second kappa shape index (κ2) is 8.56. The molecule has 144 valence electrons. The molecule has 1 aromatic rings. The minimum Gasteiger partial charge on any atom is -0.357 e. The molecule has 26 heavy (non-hydrogen) atoms. The van der Waals surface area contributed by atoms with Crippen molar-refractivity contribution in [3.63, 3.8) is 0 Å². The van der Waals surface area contributed by atoms with Gasteiger partial charge in [-0.15, -0.1) is 0 Å². The van der Waals surface area contributed by atoms with Crippen LogP contribution in [-0.4, -0.2) is 36.8 Å². The van der Waals surface area contributed by atoms with Gasteiger partial charge in [0.2, 0.25) is 10.0 Å². The smallest absolute Gasteiger partial charge is 0.256 e. The fourth-order valence-corrected chi connectivity index (χ4v) is 3.38. The van der Waals surface area contributed by atoms with Gasteiger partial charge in [0.05, 0.1) is 10.9 Å². The highest BCUT2D eigenvalue weighted by Gasteiger charge is 2.22. The van der Waals surface area contributed by atoms with Gasteiger partial charge in [0.15, 0.2) is 10.9 Å². The van der Waals surface area contributed by atoms with Gasteiger partial charge in [-0.3, -0.25) is 20.4 Å². The van der Waals surface area contributed by atoms with Gasteiger partial charge in [-0.2, -0.15) is 4.72 Å². The number of ketones is 1. The molecule has 0 saturated heterocycles. The molecule has 4 N–H and O–H groups in total. The molecule has 1 rings (SSSR count). The van der Waals surface area contributed by atoms with E-state index in [0.29, 0.717) is 5.56 Å². The quantitative estimate of drug-likeness (QED) is 0.329. The van der Waals surface area contributed by atoms with Crippen LogP contribution in [0.3, 0.4) is 0 Å². The molecule has 0 aliphatic heterocycles. The molecule has 1 aromatic carbocycles. The molecule has 8 nitrogen and oxygen atoms in total. The summed E-state index contributed by atoms with van der Waals surface area (Å²) in [6.45, 7) is 8.49. The highest BCUT2D eigenvalue weighted by atomic mass is 32.2. The van der Waals surface area contributed by atoms with E-state index in [-0.39, 0.29) is 21.3 Å². The Labute approximate surface area is 159 Å². The topological polar surface area (TPSA) is 116 Å². The highest BCUT2D eigenvalue weighted by Crippen LogP contribution is 2.11. The molecule has 0 aromatic heterocycles. The number of rotatable bonds is 5. The van der Waals surface area contributed by atoms with Gasteiger partial charge < -0.3 is 5.32 Å². The maximum Gasteiger partial charge on any atom is 0.256 e. The molecule has 0 saturated carbocycles. The molecule has 0 aliphatic carbocycles. The molecule has 0 bridgehead atoms. The van der Waals surface area contributed by atoms with Gasteiger partial charge in [-0.05, 0) is 59.0 Å². The number of amides is 1. The van der Waals surface area contributed by atoms with E-state index in [1.165, 1.54) is 38.1 Å². The number of benzene rings is 1. The van der Waals surface area contributed by atoms with Crippen molar-refractivity contribution in [1.82, 2.24) is 20.9 Å². The normalized spacial score (nSPS) is 12.8. The Hall–Kier alpha value is -2.04. The third-order valence-electron chi connectivity index (χ3n) is 3.08. The van der Waals surface area contributed by atoms with Gasteiger partial charge >= 0.3 is 0 Å². The lowest BCUT2D eigenvalue weighted by Crippen LogP contribution is -2.55. The molecule has 0 radical (unpaired) electrons. The van der Waals surface area contributed by atoms with Crippen LogP contribution in [0.15, 0.2) is 29.2 Å². The summed E-state index contributed by atoms with van der Waals surface area (Å²) in [4.78, 5) is 23.2. The number of carbonyl (C=O) groups excluding carboxylic acids is 2. The molecular weight excluding hydrogens is 376 g/mol. The van der Waals surface area contributed by atoms with Crippen molar-refractivity contribution in [3.8, 4) is 0 Å². The summed E-state index contributed by atoms with van der Waals surface area (Å²) in [6, 6.07) is 4.41. The second-order valence-electron chi connectivity index (χ2n) is 6.74. The zero-order valence-electron chi connectivity index (χ0n) is 15.3. The van der Waals surface area contributed by atoms with Gasteiger partial charge in [0, 0.05) is 11.1 Å². The number of sulfonamides is 1. The number of Topliss-reactive ketones (excluding diaryl/α,β-unsaturated/α-hetero) is 1. The van der Waals surface area contributed by atoms with E-state index < -0.39 is 22.0 Å². The standard InChI is InChI=1S/C16H24N4O4S2/c1-10(14(22)18-19-15(25)17-16(3,4)5)20-26(23,24)13-8-6-12(7-9-13)11(2)21/h6-10,20H,1-5H3,(H,18,22)(H2,17,19,25)/t10-/m0/s1. The van der Waals surface area contributed by atoms with Crippen molar-refractivity contribution in [2.24, 2.45) is 0 Å². The van der Waals surface area contributed by atoms with E-state index in [0.717, 1.165) is 0 Å². The monoisotopic (exact) mass is 400 g/mol. The first kappa shape index (κ1) is 22.0. The molecule has 1 amide bonds. The number of nitrogens with one attached hydrogen (secondary N) is 4. The summed E-state index contributed by atoms with van der Waals surface area (Å²) in [5.41, 5.74) is 4.97. The molecule has 0 aliphatic rings. The van der Waals surface area contributed by atoms with Crippen molar-refractivity contribution in [1.29, 1.82) is 0 Å². The first-order valence-corrected chi connectivity index (χ1v) is 9.72. The van der Waals surface area contributed by atoms with E-state index in [2.05, 4.69) is 20.9 Å². The van der Waals surface area contributed by atoms with Crippen LogP contribution in [0.25, 0.3) is 0 Å². The zero-order chi connectivity index (χ0) is 20.1. The van der Waals surface area contributed by atoms with Gasteiger partial charge in [-0.25, -0.2) is 8.42 Å². The SMILES string of the molecule is CC(=O)c1ccc(S(=O)(=O)N[C@@H](C)C(=O)NNC(=S)NC(C)(C)C)cc1. The van der Waals surface area contributed by atoms with Crippen molar-refractivity contribution in [3.05, 3.63) is 29.8 Å². The van der Waals surface area contributed by atoms with Crippen molar-refractivity contribution in [2.75, 3.05) is 0 Å². The molecule has 0 fully saturated rings. The van der Waals surface area contributed by atoms with Gasteiger partial charge in [0.1, 0.15) is 0 Å². The van der Waals surface area contributed by atoms with Crippen molar-refractivity contribution >= 4 is 39.0 Å².